The fraction of sp³-hybridized carbons (Fsp3) is 0.708. The van der Waals surface area contributed by atoms with Crippen molar-refractivity contribution < 1.29 is 9.18 Å². The van der Waals surface area contributed by atoms with E-state index < -0.39 is 0 Å². The number of carbonyl (C=O) groups is 1. The smallest absolute Gasteiger partial charge is 0.219 e. The first-order valence-corrected chi connectivity index (χ1v) is 11.5. The Labute approximate surface area is 173 Å². The number of halogens is 1. The molecule has 29 heavy (non-hydrogen) atoms. The van der Waals surface area contributed by atoms with Gasteiger partial charge in [-0.05, 0) is 80.6 Å². The molecule has 1 saturated carbocycles. The average molecular weight is 400 g/mol. The van der Waals surface area contributed by atoms with Gasteiger partial charge in [0.15, 0.2) is 0 Å². The van der Waals surface area contributed by atoms with Crippen LogP contribution in [0.15, 0.2) is 24.3 Å². The summed E-state index contributed by atoms with van der Waals surface area (Å²) in [5.41, 5.74) is 1.57. The van der Waals surface area contributed by atoms with Crippen LogP contribution in [0.3, 0.4) is 0 Å². The Kier molecular flexibility index (Phi) is 5.15. The van der Waals surface area contributed by atoms with Gasteiger partial charge >= 0.3 is 0 Å². The second kappa shape index (κ2) is 7.66. The number of hydrogen-bond donors (Lipinski definition) is 1. The van der Waals surface area contributed by atoms with Gasteiger partial charge < -0.3 is 10.2 Å². The lowest BCUT2D eigenvalue weighted by Gasteiger charge is -2.45. The molecular weight excluding hydrogens is 365 g/mol. The number of amides is 1. The number of nitrogens with one attached hydrogen (secondary N) is 1. The van der Waals surface area contributed by atoms with Gasteiger partial charge in [0.2, 0.25) is 5.91 Å². The number of fused-ring (bicyclic) bond motifs is 1. The lowest BCUT2D eigenvalue weighted by Crippen LogP contribution is -2.45. The summed E-state index contributed by atoms with van der Waals surface area (Å²) < 4.78 is 13.9. The minimum Gasteiger partial charge on any atom is -0.335 e. The van der Waals surface area contributed by atoms with Crippen LogP contribution in [0.1, 0.15) is 57.1 Å². The van der Waals surface area contributed by atoms with Gasteiger partial charge in [-0.1, -0.05) is 12.1 Å². The third kappa shape index (κ3) is 3.61. The molecule has 3 aliphatic heterocycles. The Morgan fingerprint density at radius 3 is 2.55 bits per heavy atom. The highest BCUT2D eigenvalue weighted by molar-refractivity contribution is 5.74. The first kappa shape index (κ1) is 19.5. The Morgan fingerprint density at radius 2 is 1.86 bits per heavy atom. The molecule has 3 heterocycles. The molecule has 0 radical (unpaired) electrons. The molecule has 4 nitrogen and oxygen atoms in total. The molecule has 4 fully saturated rings. The van der Waals surface area contributed by atoms with Gasteiger partial charge in [-0.15, -0.1) is 0 Å². The highest BCUT2D eigenvalue weighted by atomic mass is 19.1. The van der Waals surface area contributed by atoms with Crippen LogP contribution in [0.2, 0.25) is 0 Å². The van der Waals surface area contributed by atoms with E-state index in [4.69, 9.17) is 0 Å². The Hall–Kier alpha value is -1.46. The number of likely N-dealkylation sites (tertiary alicyclic amines) is 2. The van der Waals surface area contributed by atoms with E-state index in [0.29, 0.717) is 23.3 Å². The van der Waals surface area contributed by atoms with Crippen molar-refractivity contribution in [1.29, 1.82) is 0 Å². The van der Waals surface area contributed by atoms with E-state index in [-0.39, 0.29) is 17.8 Å². The van der Waals surface area contributed by atoms with Gasteiger partial charge in [0, 0.05) is 38.5 Å². The molecule has 5 rings (SSSR count). The van der Waals surface area contributed by atoms with Crippen LogP contribution in [0, 0.1) is 23.1 Å². The zero-order valence-electron chi connectivity index (χ0n) is 17.6. The zero-order valence-corrected chi connectivity index (χ0v) is 17.6. The summed E-state index contributed by atoms with van der Waals surface area (Å²) in [4.78, 5) is 17.0. The molecule has 1 spiro atoms. The summed E-state index contributed by atoms with van der Waals surface area (Å²) in [6.45, 7) is 7.00. The van der Waals surface area contributed by atoms with Crippen molar-refractivity contribution in [3.05, 3.63) is 35.6 Å². The van der Waals surface area contributed by atoms with E-state index in [0.717, 1.165) is 25.2 Å². The van der Waals surface area contributed by atoms with Gasteiger partial charge in [0.05, 0.1) is 6.04 Å². The summed E-state index contributed by atoms with van der Waals surface area (Å²) in [5, 5.41) is 3.52. The number of rotatable bonds is 2. The number of benzene rings is 1. The summed E-state index contributed by atoms with van der Waals surface area (Å²) in [7, 11) is 0. The number of piperidine rings is 1. The van der Waals surface area contributed by atoms with Crippen LogP contribution in [-0.2, 0) is 4.79 Å². The van der Waals surface area contributed by atoms with E-state index in [1.54, 1.807) is 19.1 Å². The number of hydrogen-bond acceptors (Lipinski definition) is 3. The molecule has 0 unspecified atom stereocenters. The van der Waals surface area contributed by atoms with Crippen molar-refractivity contribution in [2.24, 2.45) is 17.3 Å². The van der Waals surface area contributed by atoms with E-state index in [9.17, 15) is 9.18 Å². The first-order chi connectivity index (χ1) is 14.0. The maximum atomic E-state index is 13.9. The fourth-order valence-corrected chi connectivity index (χ4v) is 6.86. The van der Waals surface area contributed by atoms with Crippen molar-refractivity contribution in [3.63, 3.8) is 0 Å². The predicted molar refractivity (Wildman–Crippen MR) is 112 cm³/mol. The van der Waals surface area contributed by atoms with Crippen molar-refractivity contribution in [2.75, 3.05) is 32.7 Å². The van der Waals surface area contributed by atoms with Crippen molar-refractivity contribution in [3.8, 4) is 0 Å². The standard InChI is InChI=1S/C24H34FN3O/c1-17(29)28-15-19-14-27(16-22(19)23(28)18-3-2-4-20(25)13-18)21-5-7-24(8-6-21)9-11-26-12-10-24/h2-4,13,19,21-23,26H,5-12,14-16H2,1H3/t19-,22-,23-/m1/s1. The van der Waals surface area contributed by atoms with Gasteiger partial charge in [-0.3, -0.25) is 9.69 Å². The molecule has 1 aromatic rings. The molecule has 0 bridgehead atoms. The summed E-state index contributed by atoms with van der Waals surface area (Å²) in [5.74, 6) is 0.854. The summed E-state index contributed by atoms with van der Waals surface area (Å²) in [6, 6.07) is 7.62. The monoisotopic (exact) mass is 399 g/mol. The third-order valence-corrected chi connectivity index (χ3v) is 8.48. The number of nitrogens with zero attached hydrogens (tertiary/aromatic N) is 2. The molecule has 1 amide bonds. The first-order valence-electron chi connectivity index (χ1n) is 11.5. The van der Waals surface area contributed by atoms with E-state index >= 15 is 0 Å². The van der Waals surface area contributed by atoms with Crippen LogP contribution >= 0.6 is 0 Å². The van der Waals surface area contributed by atoms with E-state index in [2.05, 4.69) is 10.2 Å². The minimum atomic E-state index is -0.205. The van der Waals surface area contributed by atoms with Crippen molar-refractivity contribution >= 4 is 5.91 Å². The summed E-state index contributed by atoms with van der Waals surface area (Å²) in [6.07, 6.45) is 8.08. The Balaban J connectivity index is 1.29. The topological polar surface area (TPSA) is 35.6 Å². The van der Waals surface area contributed by atoms with Crippen molar-refractivity contribution in [1.82, 2.24) is 15.1 Å². The fourth-order valence-electron chi connectivity index (χ4n) is 6.86. The third-order valence-electron chi connectivity index (χ3n) is 8.48. The molecule has 158 valence electrons. The molecular formula is C24H34FN3O. The van der Waals surface area contributed by atoms with Crippen LogP contribution in [0.4, 0.5) is 4.39 Å². The SMILES string of the molecule is CC(=O)N1C[C@H]2CN(C3CCC4(CCNCC4)CC3)C[C@H]2[C@H]1c1cccc(F)c1. The van der Waals surface area contributed by atoms with Crippen molar-refractivity contribution in [2.45, 2.75) is 57.5 Å². The number of carbonyl (C=O) groups excluding carboxylic acids is 1. The Bertz CT molecular complexity index is 752. The Morgan fingerprint density at radius 1 is 1.10 bits per heavy atom. The quantitative estimate of drug-likeness (QED) is 0.826. The maximum absolute atomic E-state index is 13.9. The molecule has 1 aromatic carbocycles. The lowest BCUT2D eigenvalue weighted by molar-refractivity contribution is -0.130. The maximum Gasteiger partial charge on any atom is 0.219 e. The molecule has 1 aliphatic carbocycles. The van der Waals surface area contributed by atoms with E-state index in [1.807, 2.05) is 11.0 Å². The molecule has 0 aromatic heterocycles. The van der Waals surface area contributed by atoms with Crippen LogP contribution in [0.25, 0.3) is 0 Å². The molecule has 5 heteroatoms. The minimum absolute atomic E-state index is 0.0255. The normalized spacial score (nSPS) is 32.6. The van der Waals surface area contributed by atoms with E-state index in [1.165, 1.54) is 57.7 Å². The zero-order chi connectivity index (χ0) is 20.0. The summed E-state index contributed by atoms with van der Waals surface area (Å²) >= 11 is 0. The second-order valence-corrected chi connectivity index (χ2v) is 10.0. The highest BCUT2D eigenvalue weighted by Gasteiger charge is 2.50. The second-order valence-electron chi connectivity index (χ2n) is 10.0. The molecule has 4 aliphatic rings. The lowest BCUT2D eigenvalue weighted by atomic mass is 9.67. The van der Waals surface area contributed by atoms with Crippen LogP contribution in [-0.4, -0.2) is 54.5 Å². The molecule has 1 N–H and O–H groups in total. The van der Waals surface area contributed by atoms with Gasteiger partial charge in [-0.25, -0.2) is 4.39 Å². The molecule has 3 atom stereocenters. The van der Waals surface area contributed by atoms with Crippen LogP contribution < -0.4 is 5.32 Å². The average Bonchev–Trinajstić information content (AvgIpc) is 3.27. The van der Waals surface area contributed by atoms with Gasteiger partial charge in [-0.2, -0.15) is 0 Å². The van der Waals surface area contributed by atoms with Crippen LogP contribution in [0.5, 0.6) is 0 Å². The largest absolute Gasteiger partial charge is 0.335 e. The highest BCUT2D eigenvalue weighted by Crippen LogP contribution is 2.49. The predicted octanol–water partition coefficient (Wildman–Crippen LogP) is 3.59. The van der Waals surface area contributed by atoms with Gasteiger partial charge in [0.1, 0.15) is 5.82 Å². The van der Waals surface area contributed by atoms with Gasteiger partial charge in [0.25, 0.3) is 0 Å². The molecule has 3 saturated heterocycles.